The average Bonchev–Trinajstić information content (AvgIpc) is 2.77. The molecule has 0 atom stereocenters. The number of halogens is 2. The maximum atomic E-state index is 13.2. The minimum atomic E-state index is -0.958. The van der Waals surface area contributed by atoms with Crippen LogP contribution in [0.3, 0.4) is 0 Å². The van der Waals surface area contributed by atoms with E-state index >= 15 is 0 Å². The number of aromatic carboxylic acids is 1. The van der Waals surface area contributed by atoms with Crippen molar-refractivity contribution in [3.8, 4) is 11.3 Å². The van der Waals surface area contributed by atoms with Gasteiger partial charge in [-0.2, -0.15) is 0 Å². The van der Waals surface area contributed by atoms with Gasteiger partial charge in [0.15, 0.2) is 0 Å². The normalized spacial score (nSPS) is 10.7. The molecule has 0 aliphatic carbocycles. The van der Waals surface area contributed by atoms with Gasteiger partial charge in [-0.15, -0.1) is 0 Å². The maximum Gasteiger partial charge on any atom is 0.352 e. The summed E-state index contributed by atoms with van der Waals surface area (Å²) in [5, 5.41) is 9.16. The quantitative estimate of drug-likeness (QED) is 0.916. The molecule has 0 bridgehead atoms. The van der Waals surface area contributed by atoms with Crippen LogP contribution < -0.4 is 0 Å². The molecule has 0 fully saturated rings. The lowest BCUT2D eigenvalue weighted by molar-refractivity contribution is 0.0685. The summed E-state index contributed by atoms with van der Waals surface area (Å²) in [6.07, 6.45) is 0.824. The largest absolute Gasteiger partial charge is 0.477 e. The summed E-state index contributed by atoms with van der Waals surface area (Å²) in [5.74, 6) is -1.29. The Kier molecular flexibility index (Phi) is 4.04. The minimum Gasteiger partial charge on any atom is -0.477 e. The van der Waals surface area contributed by atoms with Crippen LogP contribution in [-0.4, -0.2) is 15.6 Å². The Hall–Kier alpha value is -1.62. The van der Waals surface area contributed by atoms with E-state index in [2.05, 4.69) is 15.9 Å². The van der Waals surface area contributed by atoms with E-state index in [0.717, 1.165) is 17.7 Å². The molecule has 19 heavy (non-hydrogen) atoms. The van der Waals surface area contributed by atoms with Gasteiger partial charge in [-0.1, -0.05) is 6.92 Å². The first kappa shape index (κ1) is 13.8. The zero-order chi connectivity index (χ0) is 14.0. The van der Waals surface area contributed by atoms with Crippen LogP contribution in [0.5, 0.6) is 0 Å². The summed E-state index contributed by atoms with van der Waals surface area (Å²) in [4.78, 5) is 11.2. The average molecular weight is 326 g/mol. The van der Waals surface area contributed by atoms with Gasteiger partial charge in [0.2, 0.25) is 0 Å². The summed E-state index contributed by atoms with van der Waals surface area (Å²) >= 11 is 3.14. The minimum absolute atomic E-state index is 0.247. The molecule has 0 saturated heterocycles. The highest BCUT2D eigenvalue weighted by Crippen LogP contribution is 2.27. The van der Waals surface area contributed by atoms with Crippen LogP contribution in [0.2, 0.25) is 0 Å². The molecule has 0 saturated carbocycles. The standard InChI is InChI=1S/C14H13BrFNO2/c1-2-7-17-12(5-6-13(17)14(18)19)9-3-4-11(16)10(15)8-9/h3-6,8H,2,7H2,1H3,(H,18,19). The monoisotopic (exact) mass is 325 g/mol. The van der Waals surface area contributed by atoms with Crippen LogP contribution in [-0.2, 0) is 6.54 Å². The Morgan fingerprint density at radius 2 is 2.11 bits per heavy atom. The molecule has 1 heterocycles. The van der Waals surface area contributed by atoms with Gasteiger partial charge in [0.25, 0.3) is 0 Å². The number of benzene rings is 1. The van der Waals surface area contributed by atoms with Crippen molar-refractivity contribution >= 4 is 21.9 Å². The summed E-state index contributed by atoms with van der Waals surface area (Å²) in [5.41, 5.74) is 1.81. The van der Waals surface area contributed by atoms with Crippen molar-refractivity contribution in [2.24, 2.45) is 0 Å². The van der Waals surface area contributed by atoms with E-state index in [4.69, 9.17) is 5.11 Å². The lowest BCUT2D eigenvalue weighted by Gasteiger charge is -2.11. The van der Waals surface area contributed by atoms with Gasteiger partial charge >= 0.3 is 5.97 Å². The first-order valence-electron chi connectivity index (χ1n) is 5.92. The molecule has 2 rings (SSSR count). The fourth-order valence-corrected chi connectivity index (χ4v) is 2.41. The molecule has 3 nitrogen and oxygen atoms in total. The Morgan fingerprint density at radius 1 is 1.37 bits per heavy atom. The second kappa shape index (κ2) is 5.57. The van der Waals surface area contributed by atoms with Gasteiger partial charge in [-0.3, -0.25) is 0 Å². The predicted octanol–water partition coefficient (Wildman–Crippen LogP) is 4.16. The third-order valence-electron chi connectivity index (χ3n) is 2.86. The van der Waals surface area contributed by atoms with E-state index in [0.29, 0.717) is 11.0 Å². The van der Waals surface area contributed by atoms with E-state index < -0.39 is 5.97 Å². The first-order chi connectivity index (χ1) is 9.04. The van der Waals surface area contributed by atoms with Crippen molar-refractivity contribution in [1.29, 1.82) is 0 Å². The molecule has 1 aromatic carbocycles. The Morgan fingerprint density at radius 3 is 2.68 bits per heavy atom. The van der Waals surface area contributed by atoms with Crippen molar-refractivity contribution in [3.05, 3.63) is 46.3 Å². The van der Waals surface area contributed by atoms with Gasteiger partial charge in [-0.05, 0) is 58.2 Å². The Balaban J connectivity index is 2.55. The van der Waals surface area contributed by atoms with Gasteiger partial charge in [0.05, 0.1) is 4.47 Å². The van der Waals surface area contributed by atoms with E-state index in [1.807, 2.05) is 6.92 Å². The topological polar surface area (TPSA) is 42.2 Å². The van der Waals surface area contributed by atoms with E-state index in [1.54, 1.807) is 28.8 Å². The molecular weight excluding hydrogens is 313 g/mol. The summed E-state index contributed by atoms with van der Waals surface area (Å²) < 4.78 is 15.4. The molecule has 0 radical (unpaired) electrons. The number of hydrogen-bond donors (Lipinski definition) is 1. The molecule has 5 heteroatoms. The number of nitrogens with zero attached hydrogens (tertiary/aromatic N) is 1. The van der Waals surface area contributed by atoms with Crippen LogP contribution in [0.15, 0.2) is 34.8 Å². The van der Waals surface area contributed by atoms with Gasteiger partial charge < -0.3 is 9.67 Å². The fourth-order valence-electron chi connectivity index (χ4n) is 2.03. The third kappa shape index (κ3) is 2.71. The molecule has 0 amide bonds. The van der Waals surface area contributed by atoms with E-state index in [-0.39, 0.29) is 11.5 Å². The summed E-state index contributed by atoms with van der Waals surface area (Å²) in [7, 11) is 0. The summed E-state index contributed by atoms with van der Waals surface area (Å²) in [6.45, 7) is 2.59. The van der Waals surface area contributed by atoms with Gasteiger partial charge in [0.1, 0.15) is 11.5 Å². The number of aromatic nitrogens is 1. The first-order valence-corrected chi connectivity index (χ1v) is 6.72. The molecule has 1 aromatic heterocycles. The lowest BCUT2D eigenvalue weighted by Crippen LogP contribution is -2.09. The maximum absolute atomic E-state index is 13.2. The molecule has 0 aliphatic rings. The number of hydrogen-bond acceptors (Lipinski definition) is 1. The zero-order valence-corrected chi connectivity index (χ0v) is 11.9. The van der Waals surface area contributed by atoms with Crippen LogP contribution in [0.25, 0.3) is 11.3 Å². The second-order valence-corrected chi connectivity index (χ2v) is 5.04. The van der Waals surface area contributed by atoms with Gasteiger partial charge in [0, 0.05) is 12.2 Å². The number of carboxylic acids is 1. The van der Waals surface area contributed by atoms with Crippen LogP contribution in [0.1, 0.15) is 23.8 Å². The van der Waals surface area contributed by atoms with Crippen LogP contribution >= 0.6 is 15.9 Å². The number of rotatable bonds is 4. The molecule has 0 spiro atoms. The van der Waals surface area contributed by atoms with Crippen molar-refractivity contribution in [2.45, 2.75) is 19.9 Å². The molecule has 1 N–H and O–H groups in total. The van der Waals surface area contributed by atoms with E-state index in [9.17, 15) is 9.18 Å². The van der Waals surface area contributed by atoms with Crippen molar-refractivity contribution in [1.82, 2.24) is 4.57 Å². The SMILES string of the molecule is CCCn1c(C(=O)O)ccc1-c1ccc(F)c(Br)c1. The van der Waals surface area contributed by atoms with Crippen molar-refractivity contribution in [2.75, 3.05) is 0 Å². The lowest BCUT2D eigenvalue weighted by atomic mass is 10.1. The summed E-state index contributed by atoms with van der Waals surface area (Å²) in [6, 6.07) is 7.99. The fraction of sp³-hybridized carbons (Fsp3) is 0.214. The smallest absolute Gasteiger partial charge is 0.352 e. The predicted molar refractivity (Wildman–Crippen MR) is 74.8 cm³/mol. The van der Waals surface area contributed by atoms with Crippen LogP contribution in [0, 0.1) is 5.82 Å². The highest BCUT2D eigenvalue weighted by Gasteiger charge is 2.15. The van der Waals surface area contributed by atoms with Crippen LogP contribution in [0.4, 0.5) is 4.39 Å². The van der Waals surface area contributed by atoms with Crippen molar-refractivity contribution < 1.29 is 14.3 Å². The molecule has 0 aliphatic heterocycles. The number of carbonyl (C=O) groups is 1. The highest BCUT2D eigenvalue weighted by molar-refractivity contribution is 9.10. The van der Waals surface area contributed by atoms with Crippen molar-refractivity contribution in [3.63, 3.8) is 0 Å². The Labute approximate surface area is 118 Å². The molecular formula is C14H13BrFNO2. The molecule has 100 valence electrons. The van der Waals surface area contributed by atoms with Gasteiger partial charge in [-0.25, -0.2) is 9.18 Å². The third-order valence-corrected chi connectivity index (χ3v) is 3.47. The number of carboxylic acid groups (broad SMARTS) is 1. The van der Waals surface area contributed by atoms with E-state index in [1.165, 1.54) is 6.07 Å². The zero-order valence-electron chi connectivity index (χ0n) is 10.4. The Bertz CT molecular complexity index is 622. The molecule has 2 aromatic rings. The highest BCUT2D eigenvalue weighted by atomic mass is 79.9. The molecule has 0 unspecified atom stereocenters. The second-order valence-electron chi connectivity index (χ2n) is 4.19.